The van der Waals surface area contributed by atoms with E-state index in [1.54, 1.807) is 6.20 Å². The Morgan fingerprint density at radius 3 is 3.20 bits per heavy atom. The average Bonchev–Trinajstić information content (AvgIpc) is 2.03. The van der Waals surface area contributed by atoms with Crippen LogP contribution in [0.5, 0.6) is 0 Å². The number of allylic oxidation sites excluding steroid dienone is 1. The number of rotatable bonds is 2. The van der Waals surface area contributed by atoms with Crippen LogP contribution in [0.2, 0.25) is 0 Å². The van der Waals surface area contributed by atoms with Gasteiger partial charge in [-0.1, -0.05) is 6.92 Å². The minimum Gasteiger partial charge on any atom is -0.289 e. The van der Waals surface area contributed by atoms with Crippen molar-refractivity contribution in [3.05, 3.63) is 12.3 Å². The number of hydrogen-bond acceptors (Lipinski definition) is 2. The van der Waals surface area contributed by atoms with Crippen LogP contribution in [0.3, 0.4) is 0 Å². The molecule has 1 rings (SSSR count). The quantitative estimate of drug-likeness (QED) is 0.553. The van der Waals surface area contributed by atoms with E-state index in [4.69, 9.17) is 0 Å². The molecule has 0 radical (unpaired) electrons. The van der Waals surface area contributed by atoms with Crippen molar-refractivity contribution in [2.45, 2.75) is 19.8 Å². The topological polar surface area (TPSA) is 24.7 Å². The molecule has 1 aliphatic rings. The van der Waals surface area contributed by atoms with Gasteiger partial charge in [0, 0.05) is 31.1 Å². The standard InChI is InChI=1S/C8H12N2/c1-2-5-10-8-3-6-9-7-4-8/h3,6-7H,2,4-5H2,1H3. The van der Waals surface area contributed by atoms with Gasteiger partial charge in [0.1, 0.15) is 0 Å². The molecule has 0 aromatic heterocycles. The van der Waals surface area contributed by atoms with E-state index in [2.05, 4.69) is 16.9 Å². The maximum absolute atomic E-state index is 4.34. The highest BCUT2D eigenvalue weighted by Crippen LogP contribution is 1.95. The van der Waals surface area contributed by atoms with E-state index in [1.807, 2.05) is 12.3 Å². The SMILES string of the molecule is CCCN=C1C=CN=CC1. The summed E-state index contributed by atoms with van der Waals surface area (Å²) in [6.07, 6.45) is 7.66. The lowest BCUT2D eigenvalue weighted by atomic mass is 10.2. The highest BCUT2D eigenvalue weighted by Gasteiger charge is 1.93. The Morgan fingerprint density at radius 2 is 2.60 bits per heavy atom. The van der Waals surface area contributed by atoms with E-state index < -0.39 is 0 Å². The second kappa shape index (κ2) is 3.99. The lowest BCUT2D eigenvalue weighted by Gasteiger charge is -1.98. The van der Waals surface area contributed by atoms with Gasteiger partial charge < -0.3 is 0 Å². The van der Waals surface area contributed by atoms with Crippen LogP contribution in [0.15, 0.2) is 22.3 Å². The van der Waals surface area contributed by atoms with E-state index in [-0.39, 0.29) is 0 Å². The molecular formula is C8H12N2. The van der Waals surface area contributed by atoms with Crippen molar-refractivity contribution in [1.82, 2.24) is 0 Å². The largest absolute Gasteiger partial charge is 0.289 e. The van der Waals surface area contributed by atoms with Crippen LogP contribution in [-0.4, -0.2) is 18.5 Å². The van der Waals surface area contributed by atoms with Gasteiger partial charge in [-0.3, -0.25) is 9.98 Å². The first-order valence-electron chi connectivity index (χ1n) is 3.65. The summed E-state index contributed by atoms with van der Waals surface area (Å²) in [5.41, 5.74) is 1.15. The van der Waals surface area contributed by atoms with Crippen molar-refractivity contribution in [1.29, 1.82) is 0 Å². The molecule has 0 aromatic rings. The molecule has 54 valence electrons. The molecule has 0 fully saturated rings. The van der Waals surface area contributed by atoms with Gasteiger partial charge in [0.15, 0.2) is 0 Å². The molecular weight excluding hydrogens is 124 g/mol. The highest BCUT2D eigenvalue weighted by molar-refractivity contribution is 6.04. The number of hydrogen-bond donors (Lipinski definition) is 0. The first kappa shape index (κ1) is 7.19. The Bertz CT molecular complexity index is 178. The zero-order valence-electron chi connectivity index (χ0n) is 6.25. The molecule has 0 unspecified atom stereocenters. The van der Waals surface area contributed by atoms with Crippen LogP contribution in [0, 0.1) is 0 Å². The van der Waals surface area contributed by atoms with Crippen molar-refractivity contribution < 1.29 is 0 Å². The summed E-state index contributed by atoms with van der Waals surface area (Å²) >= 11 is 0. The van der Waals surface area contributed by atoms with Gasteiger partial charge in [-0.2, -0.15) is 0 Å². The van der Waals surface area contributed by atoms with E-state index in [0.717, 1.165) is 25.1 Å². The molecule has 0 aromatic carbocycles. The smallest absolute Gasteiger partial charge is 0.0416 e. The van der Waals surface area contributed by atoms with Crippen LogP contribution in [0.1, 0.15) is 19.8 Å². The summed E-state index contributed by atoms with van der Waals surface area (Å²) in [6.45, 7) is 3.07. The summed E-state index contributed by atoms with van der Waals surface area (Å²) in [7, 11) is 0. The van der Waals surface area contributed by atoms with Gasteiger partial charge in [0.2, 0.25) is 0 Å². The monoisotopic (exact) mass is 136 g/mol. The molecule has 1 aliphatic heterocycles. The second-order valence-corrected chi connectivity index (χ2v) is 2.22. The lowest BCUT2D eigenvalue weighted by molar-refractivity contribution is 0.931. The fraction of sp³-hybridized carbons (Fsp3) is 0.500. The summed E-state index contributed by atoms with van der Waals surface area (Å²) in [6, 6.07) is 0. The second-order valence-electron chi connectivity index (χ2n) is 2.22. The molecule has 0 bridgehead atoms. The van der Waals surface area contributed by atoms with Crippen LogP contribution in [0.25, 0.3) is 0 Å². The fourth-order valence-corrected chi connectivity index (χ4v) is 0.777. The van der Waals surface area contributed by atoms with Gasteiger partial charge >= 0.3 is 0 Å². The van der Waals surface area contributed by atoms with Crippen LogP contribution >= 0.6 is 0 Å². The summed E-state index contributed by atoms with van der Waals surface area (Å²) in [5, 5.41) is 0. The highest BCUT2D eigenvalue weighted by atomic mass is 14.8. The predicted octanol–water partition coefficient (Wildman–Crippen LogP) is 1.83. The Balaban J connectivity index is 2.42. The van der Waals surface area contributed by atoms with E-state index in [0.29, 0.717) is 0 Å². The molecule has 10 heavy (non-hydrogen) atoms. The van der Waals surface area contributed by atoms with Crippen LogP contribution < -0.4 is 0 Å². The Kier molecular flexibility index (Phi) is 2.87. The third-order valence-electron chi connectivity index (χ3n) is 1.30. The molecule has 0 amide bonds. The summed E-state index contributed by atoms with van der Waals surface area (Å²) in [4.78, 5) is 8.29. The average molecular weight is 136 g/mol. The molecule has 2 heteroatoms. The first-order chi connectivity index (χ1) is 4.93. The maximum Gasteiger partial charge on any atom is 0.0416 e. The summed E-state index contributed by atoms with van der Waals surface area (Å²) in [5.74, 6) is 0. The number of aliphatic imine (C=N–C) groups is 2. The molecule has 0 saturated heterocycles. The van der Waals surface area contributed by atoms with E-state index in [9.17, 15) is 0 Å². The van der Waals surface area contributed by atoms with Crippen molar-refractivity contribution >= 4 is 11.9 Å². The molecule has 0 aliphatic carbocycles. The lowest BCUT2D eigenvalue weighted by Crippen LogP contribution is -1.98. The van der Waals surface area contributed by atoms with E-state index >= 15 is 0 Å². The fourth-order valence-electron chi connectivity index (χ4n) is 0.777. The Labute approximate surface area is 61.4 Å². The zero-order valence-corrected chi connectivity index (χ0v) is 6.25. The van der Waals surface area contributed by atoms with Crippen molar-refractivity contribution in [2.24, 2.45) is 9.98 Å². The van der Waals surface area contributed by atoms with Gasteiger partial charge in [-0.05, 0) is 12.5 Å². The molecule has 0 saturated carbocycles. The molecule has 2 nitrogen and oxygen atoms in total. The van der Waals surface area contributed by atoms with Gasteiger partial charge in [0.05, 0.1) is 0 Å². The van der Waals surface area contributed by atoms with Crippen molar-refractivity contribution in [2.75, 3.05) is 6.54 Å². The predicted molar refractivity (Wildman–Crippen MR) is 44.8 cm³/mol. The normalized spacial score (nSPS) is 20.3. The van der Waals surface area contributed by atoms with Crippen molar-refractivity contribution in [3.63, 3.8) is 0 Å². The molecule has 0 spiro atoms. The first-order valence-corrected chi connectivity index (χ1v) is 3.65. The van der Waals surface area contributed by atoms with Crippen molar-refractivity contribution in [3.8, 4) is 0 Å². The minimum absolute atomic E-state index is 0.899. The molecule has 0 N–H and O–H groups in total. The Morgan fingerprint density at radius 1 is 1.70 bits per heavy atom. The number of nitrogens with zero attached hydrogens (tertiary/aromatic N) is 2. The zero-order chi connectivity index (χ0) is 7.23. The van der Waals surface area contributed by atoms with Crippen LogP contribution in [0.4, 0.5) is 0 Å². The third-order valence-corrected chi connectivity index (χ3v) is 1.30. The van der Waals surface area contributed by atoms with Gasteiger partial charge in [-0.25, -0.2) is 0 Å². The maximum atomic E-state index is 4.34. The van der Waals surface area contributed by atoms with E-state index in [1.165, 1.54) is 0 Å². The molecule has 0 atom stereocenters. The minimum atomic E-state index is 0.899. The molecule has 1 heterocycles. The third kappa shape index (κ3) is 2.13. The summed E-state index contributed by atoms with van der Waals surface area (Å²) < 4.78 is 0. The Hall–Kier alpha value is -0.920. The van der Waals surface area contributed by atoms with Gasteiger partial charge in [-0.15, -0.1) is 0 Å². The van der Waals surface area contributed by atoms with Crippen LogP contribution in [-0.2, 0) is 0 Å². The van der Waals surface area contributed by atoms with Gasteiger partial charge in [0.25, 0.3) is 0 Å².